The molecule has 0 aliphatic rings. The van der Waals surface area contributed by atoms with E-state index in [0.717, 1.165) is 6.54 Å². The summed E-state index contributed by atoms with van der Waals surface area (Å²) in [5.74, 6) is -71.4. The molecule has 1 heterocycles. The number of aromatic nitrogens is 1. The lowest BCUT2D eigenvalue weighted by molar-refractivity contribution is -0.660. The van der Waals surface area contributed by atoms with Crippen LogP contribution in [-0.2, 0) is 6.54 Å². The molecule has 0 radical (unpaired) electrons. The zero-order valence-electron chi connectivity index (χ0n) is 27.6. The van der Waals surface area contributed by atoms with E-state index in [1.165, 1.54) is 10.9 Å². The van der Waals surface area contributed by atoms with Crippen LogP contribution >= 0.6 is 0 Å². The molecule has 0 aliphatic heterocycles. The van der Waals surface area contributed by atoms with Gasteiger partial charge >= 0.3 is 0 Å². The first-order chi connectivity index (χ1) is 27.1. The Balaban J connectivity index is 0.000000414. The Labute approximate surface area is 309 Å². The average Bonchev–Trinajstić information content (AvgIpc) is 3.21. The highest BCUT2D eigenvalue weighted by atomic mass is 19.2. The molecule has 0 atom stereocenters. The molecule has 1 nitrogen and oxygen atoms in total. The van der Waals surface area contributed by atoms with E-state index in [9.17, 15) is 52.7 Å². The van der Waals surface area contributed by atoms with Gasteiger partial charge in [-0.3, -0.25) is 0 Å². The standard InChI is InChI=1S/C24BF20.C12H12N/c26-5-1(6(27)14(35)21(42)13(5)34)25(2-7(28)15(36)22(43)16(37)8(2)29,3-9(30)17(38)23(44)18(39)10(3)31)4-11(32)19(40)24(45)20(41)12(4)33;1-2-9-13-10-5-7-11-6-3-4-8-12(11)13/h;2-8,10H,1,9H2/q-1;+1. The summed E-state index contributed by atoms with van der Waals surface area (Å²) in [4.78, 5) is 0. The van der Waals surface area contributed by atoms with Crippen molar-refractivity contribution in [3.63, 3.8) is 0 Å². The number of allylic oxidation sites excluding steroid dienone is 1. The Morgan fingerprint density at radius 1 is 0.362 bits per heavy atom. The Bertz CT molecular complexity index is 2290. The third-order valence-electron chi connectivity index (χ3n) is 8.82. The first-order valence-corrected chi connectivity index (χ1v) is 15.3. The van der Waals surface area contributed by atoms with Crippen molar-refractivity contribution in [2.45, 2.75) is 6.54 Å². The molecule has 6 aromatic rings. The molecule has 58 heavy (non-hydrogen) atoms. The number of rotatable bonds is 6. The van der Waals surface area contributed by atoms with Crippen LogP contribution in [0.3, 0.4) is 0 Å². The summed E-state index contributed by atoms with van der Waals surface area (Å²) >= 11 is 0. The minimum Gasteiger partial charge on any atom is -0.207 e. The summed E-state index contributed by atoms with van der Waals surface area (Å²) in [5.41, 5.74) is -13.1. The van der Waals surface area contributed by atoms with Crippen molar-refractivity contribution in [3.8, 4) is 0 Å². The SMILES string of the molecule is C=CC[n+]1cccc2ccccc21.Fc1c(F)c(F)c([B-](c2c(F)c(F)c(F)c(F)c2F)(c2c(F)c(F)c(F)c(F)c2F)c2c(F)c(F)c(F)c(F)c2F)c(F)c1F. The Hall–Kier alpha value is -6.09. The monoisotopic (exact) mass is 849 g/mol. The molecule has 1 aromatic heterocycles. The molecule has 0 spiro atoms. The first-order valence-electron chi connectivity index (χ1n) is 15.3. The van der Waals surface area contributed by atoms with Crippen LogP contribution in [-0.4, -0.2) is 6.15 Å². The van der Waals surface area contributed by atoms with Gasteiger partial charge < -0.3 is 0 Å². The number of nitrogens with zero attached hydrogens (tertiary/aromatic N) is 1. The lowest BCUT2D eigenvalue weighted by Gasteiger charge is -2.44. The van der Waals surface area contributed by atoms with E-state index in [2.05, 4.69) is 53.7 Å². The molecule has 5 aromatic carbocycles. The lowest BCUT2D eigenvalue weighted by atomic mass is 9.12. The van der Waals surface area contributed by atoms with Crippen LogP contribution in [0, 0.1) is 116 Å². The highest BCUT2D eigenvalue weighted by molar-refractivity contribution is 7.20. The third-order valence-corrected chi connectivity index (χ3v) is 8.82. The smallest absolute Gasteiger partial charge is 0.207 e. The van der Waals surface area contributed by atoms with Crippen molar-refractivity contribution < 1.29 is 92.4 Å². The lowest BCUT2D eigenvalue weighted by Crippen LogP contribution is -2.81. The number of hydrogen-bond acceptors (Lipinski definition) is 0. The van der Waals surface area contributed by atoms with Crippen molar-refractivity contribution in [3.05, 3.63) is 172 Å². The fourth-order valence-electron chi connectivity index (χ4n) is 6.39. The number of hydrogen-bond donors (Lipinski definition) is 0. The van der Waals surface area contributed by atoms with Gasteiger partial charge in [-0.1, -0.05) is 18.7 Å². The van der Waals surface area contributed by atoms with Gasteiger partial charge in [0.15, 0.2) is 82.5 Å². The summed E-state index contributed by atoms with van der Waals surface area (Å²) in [5, 5.41) is 1.27. The van der Waals surface area contributed by atoms with Crippen molar-refractivity contribution in [1.82, 2.24) is 0 Å². The Kier molecular flexibility index (Phi) is 11.6. The van der Waals surface area contributed by atoms with E-state index < -0.39 is 144 Å². The van der Waals surface area contributed by atoms with Gasteiger partial charge in [-0.25, -0.2) is 87.8 Å². The van der Waals surface area contributed by atoms with Gasteiger partial charge in [-0.05, 0) is 18.2 Å². The van der Waals surface area contributed by atoms with Crippen LogP contribution in [0.15, 0.2) is 55.3 Å². The quantitative estimate of drug-likeness (QED) is 0.0398. The molecule has 6 rings (SSSR count). The summed E-state index contributed by atoms with van der Waals surface area (Å²) < 4.78 is 296. The average molecular weight is 849 g/mol. The molecule has 0 amide bonds. The second-order valence-corrected chi connectivity index (χ2v) is 11.8. The molecular weight excluding hydrogens is 837 g/mol. The summed E-state index contributed by atoms with van der Waals surface area (Å²) in [6.07, 6.45) is -3.23. The maximum absolute atomic E-state index is 15.4. The van der Waals surface area contributed by atoms with Crippen LogP contribution < -0.4 is 26.4 Å². The highest BCUT2D eigenvalue weighted by Crippen LogP contribution is 2.30. The third kappa shape index (κ3) is 6.28. The number of pyridine rings is 1. The second-order valence-electron chi connectivity index (χ2n) is 11.8. The molecule has 22 heteroatoms. The fourth-order valence-corrected chi connectivity index (χ4v) is 6.39. The molecule has 0 aliphatic carbocycles. The molecule has 0 bridgehead atoms. The first kappa shape index (κ1) is 43.0. The van der Waals surface area contributed by atoms with Crippen LogP contribution in [0.1, 0.15) is 0 Å². The predicted octanol–water partition coefficient (Wildman–Crippen LogP) is 8.16. The van der Waals surface area contributed by atoms with Crippen molar-refractivity contribution >= 4 is 38.9 Å². The number of benzene rings is 5. The van der Waals surface area contributed by atoms with Crippen LogP contribution in [0.5, 0.6) is 0 Å². The van der Waals surface area contributed by atoms with E-state index in [0.29, 0.717) is 0 Å². The van der Waals surface area contributed by atoms with Crippen LogP contribution in [0.25, 0.3) is 10.9 Å². The van der Waals surface area contributed by atoms with Gasteiger partial charge in [0.05, 0.1) is 0 Å². The van der Waals surface area contributed by atoms with Crippen molar-refractivity contribution in [1.29, 1.82) is 0 Å². The number of para-hydroxylation sites is 1. The summed E-state index contributed by atoms with van der Waals surface area (Å²) in [6.45, 7) is 4.60. The molecule has 0 N–H and O–H groups in total. The molecule has 0 saturated carbocycles. The minimum atomic E-state index is -7.22. The number of halogens is 20. The molecule has 304 valence electrons. The van der Waals surface area contributed by atoms with E-state index in [-0.39, 0.29) is 0 Å². The van der Waals surface area contributed by atoms with Gasteiger partial charge in [0, 0.05) is 17.5 Å². The molecule has 0 unspecified atom stereocenters. The van der Waals surface area contributed by atoms with Gasteiger partial charge in [0.2, 0.25) is 5.52 Å². The molecular formula is C36H12BF20N. The van der Waals surface area contributed by atoms with Crippen LogP contribution in [0.4, 0.5) is 87.8 Å². The Morgan fingerprint density at radius 2 is 0.603 bits per heavy atom. The van der Waals surface area contributed by atoms with E-state index >= 15 is 35.1 Å². The molecule has 0 fully saturated rings. The maximum Gasteiger partial charge on any atom is 0.212 e. The van der Waals surface area contributed by atoms with Gasteiger partial charge in [0.25, 0.3) is 0 Å². The largest absolute Gasteiger partial charge is 0.212 e. The van der Waals surface area contributed by atoms with Gasteiger partial charge in [-0.15, -0.1) is 21.9 Å². The van der Waals surface area contributed by atoms with Crippen LogP contribution in [0.2, 0.25) is 0 Å². The predicted molar refractivity (Wildman–Crippen MR) is 164 cm³/mol. The van der Waals surface area contributed by atoms with Gasteiger partial charge in [0.1, 0.15) is 52.7 Å². The van der Waals surface area contributed by atoms with Crippen molar-refractivity contribution in [2.24, 2.45) is 0 Å². The zero-order valence-corrected chi connectivity index (χ0v) is 27.6. The van der Waals surface area contributed by atoms with E-state index in [1.54, 1.807) is 0 Å². The number of fused-ring (bicyclic) bond motifs is 1. The summed E-state index contributed by atoms with van der Waals surface area (Å²) in [6, 6.07) is 12.5. The van der Waals surface area contributed by atoms with Gasteiger partial charge in [-0.2, -0.15) is 4.57 Å². The minimum absolute atomic E-state index is 0.862. The van der Waals surface area contributed by atoms with E-state index in [1.807, 2.05) is 6.08 Å². The topological polar surface area (TPSA) is 3.88 Å². The normalized spacial score (nSPS) is 11.6. The van der Waals surface area contributed by atoms with Crippen molar-refractivity contribution in [2.75, 3.05) is 0 Å². The second kappa shape index (κ2) is 15.7. The fraction of sp³-hybridized carbons (Fsp3) is 0.0278. The highest BCUT2D eigenvalue weighted by Gasteiger charge is 2.52. The Morgan fingerprint density at radius 3 is 0.879 bits per heavy atom. The zero-order chi connectivity index (χ0) is 43.5. The maximum atomic E-state index is 15.4. The van der Waals surface area contributed by atoms with E-state index in [4.69, 9.17) is 0 Å². The molecule has 0 saturated heterocycles. The summed E-state index contributed by atoms with van der Waals surface area (Å²) in [7, 11) is 0.